The summed E-state index contributed by atoms with van der Waals surface area (Å²) < 4.78 is 10.6. The minimum Gasteiger partial charge on any atom is -0.496 e. The molecule has 5 heteroatoms. The molecule has 18 heavy (non-hydrogen) atoms. The predicted molar refractivity (Wildman–Crippen MR) is 71.6 cm³/mol. The number of hydrogen-bond donors (Lipinski definition) is 2. The third-order valence-electron chi connectivity index (χ3n) is 2.83. The van der Waals surface area contributed by atoms with Crippen LogP contribution in [0.5, 0.6) is 11.5 Å². The maximum atomic E-state index is 11.6. The van der Waals surface area contributed by atoms with Gasteiger partial charge in [0.05, 0.1) is 26.5 Å². The molecule has 0 radical (unpaired) electrons. The van der Waals surface area contributed by atoms with Crippen molar-refractivity contribution < 1.29 is 14.3 Å². The molecule has 5 nitrogen and oxygen atoms in total. The highest BCUT2D eigenvalue weighted by Gasteiger charge is 2.15. The molecule has 0 atom stereocenters. The molecule has 0 bridgehead atoms. The van der Waals surface area contributed by atoms with Crippen LogP contribution in [0, 0.1) is 13.8 Å². The van der Waals surface area contributed by atoms with E-state index in [1.54, 1.807) is 27.3 Å². The maximum absolute atomic E-state index is 11.6. The SMILES string of the molecule is CNCC(=O)Nc1cc(OC)c(C)c(C)c1OC. The van der Waals surface area contributed by atoms with Crippen molar-refractivity contribution in [1.82, 2.24) is 5.32 Å². The Kier molecular flexibility index (Phi) is 4.97. The zero-order chi connectivity index (χ0) is 13.7. The summed E-state index contributed by atoms with van der Waals surface area (Å²) in [4.78, 5) is 11.6. The molecule has 0 aliphatic rings. The Balaban J connectivity index is 3.16. The monoisotopic (exact) mass is 252 g/mol. The average Bonchev–Trinajstić information content (AvgIpc) is 2.34. The standard InChI is InChI=1S/C13H20N2O3/c1-8-9(2)13(18-5)10(6-11(8)17-4)15-12(16)7-14-3/h6,14H,7H2,1-5H3,(H,15,16). The van der Waals surface area contributed by atoms with E-state index in [0.717, 1.165) is 16.9 Å². The summed E-state index contributed by atoms with van der Waals surface area (Å²) in [5, 5.41) is 5.59. The molecule has 0 heterocycles. The van der Waals surface area contributed by atoms with Crippen LogP contribution in [0.2, 0.25) is 0 Å². The quantitative estimate of drug-likeness (QED) is 0.833. The molecule has 0 aliphatic carbocycles. The number of carbonyl (C=O) groups excluding carboxylic acids is 1. The first-order valence-electron chi connectivity index (χ1n) is 5.71. The van der Waals surface area contributed by atoms with Crippen LogP contribution in [0.25, 0.3) is 0 Å². The van der Waals surface area contributed by atoms with Gasteiger partial charge in [-0.15, -0.1) is 0 Å². The molecule has 0 saturated carbocycles. The predicted octanol–water partition coefficient (Wildman–Crippen LogP) is 1.48. The fourth-order valence-electron chi connectivity index (χ4n) is 1.78. The Morgan fingerprint density at radius 1 is 1.22 bits per heavy atom. The number of nitrogens with one attached hydrogen (secondary N) is 2. The van der Waals surface area contributed by atoms with E-state index in [0.29, 0.717) is 11.4 Å². The highest BCUT2D eigenvalue weighted by atomic mass is 16.5. The molecule has 2 N–H and O–H groups in total. The van der Waals surface area contributed by atoms with Crippen molar-refractivity contribution in [2.45, 2.75) is 13.8 Å². The molecular formula is C13H20N2O3. The molecule has 1 aromatic carbocycles. The van der Waals surface area contributed by atoms with Crippen LogP contribution < -0.4 is 20.1 Å². The van der Waals surface area contributed by atoms with Gasteiger partial charge in [0, 0.05) is 6.07 Å². The summed E-state index contributed by atoms with van der Waals surface area (Å²) in [7, 11) is 4.91. The summed E-state index contributed by atoms with van der Waals surface area (Å²) in [5.74, 6) is 1.27. The maximum Gasteiger partial charge on any atom is 0.238 e. The largest absolute Gasteiger partial charge is 0.496 e. The van der Waals surface area contributed by atoms with Gasteiger partial charge in [-0.2, -0.15) is 0 Å². The number of amides is 1. The second-order valence-electron chi connectivity index (χ2n) is 3.99. The number of ether oxygens (including phenoxy) is 2. The van der Waals surface area contributed by atoms with E-state index in [9.17, 15) is 4.79 Å². The van der Waals surface area contributed by atoms with Crippen LogP contribution in [0.4, 0.5) is 5.69 Å². The van der Waals surface area contributed by atoms with Crippen LogP contribution in [0.3, 0.4) is 0 Å². The van der Waals surface area contributed by atoms with Crippen LogP contribution in [0.1, 0.15) is 11.1 Å². The number of carbonyl (C=O) groups is 1. The Morgan fingerprint density at radius 3 is 2.39 bits per heavy atom. The number of anilines is 1. The Labute approximate surface area is 107 Å². The molecule has 1 aromatic rings. The van der Waals surface area contributed by atoms with E-state index in [1.807, 2.05) is 13.8 Å². The van der Waals surface area contributed by atoms with E-state index in [-0.39, 0.29) is 12.5 Å². The first-order chi connectivity index (χ1) is 8.54. The van der Waals surface area contributed by atoms with Crippen LogP contribution in [-0.2, 0) is 4.79 Å². The van der Waals surface area contributed by atoms with Crippen molar-refractivity contribution in [3.05, 3.63) is 17.2 Å². The molecule has 0 fully saturated rings. The molecular weight excluding hydrogens is 232 g/mol. The Hall–Kier alpha value is -1.75. The molecule has 0 aromatic heterocycles. The van der Waals surface area contributed by atoms with Crippen molar-refractivity contribution in [3.63, 3.8) is 0 Å². The zero-order valence-corrected chi connectivity index (χ0v) is 11.5. The first-order valence-corrected chi connectivity index (χ1v) is 5.71. The smallest absolute Gasteiger partial charge is 0.238 e. The molecule has 0 saturated heterocycles. The highest BCUT2D eigenvalue weighted by molar-refractivity contribution is 5.94. The molecule has 100 valence electrons. The van der Waals surface area contributed by atoms with Crippen molar-refractivity contribution >= 4 is 11.6 Å². The Morgan fingerprint density at radius 2 is 1.89 bits per heavy atom. The number of benzene rings is 1. The molecule has 1 amide bonds. The Bertz CT molecular complexity index is 444. The summed E-state index contributed by atoms with van der Waals surface area (Å²) >= 11 is 0. The van der Waals surface area contributed by atoms with E-state index in [4.69, 9.17) is 9.47 Å². The van der Waals surface area contributed by atoms with Crippen molar-refractivity contribution in [2.75, 3.05) is 33.1 Å². The van der Waals surface area contributed by atoms with Gasteiger partial charge < -0.3 is 20.1 Å². The van der Waals surface area contributed by atoms with Gasteiger partial charge in [-0.05, 0) is 32.0 Å². The van der Waals surface area contributed by atoms with Crippen molar-refractivity contribution in [3.8, 4) is 11.5 Å². The van der Waals surface area contributed by atoms with E-state index in [2.05, 4.69) is 10.6 Å². The average molecular weight is 252 g/mol. The lowest BCUT2D eigenvalue weighted by Crippen LogP contribution is -2.25. The van der Waals surface area contributed by atoms with Gasteiger partial charge in [0.2, 0.25) is 5.91 Å². The van der Waals surface area contributed by atoms with Crippen molar-refractivity contribution in [2.24, 2.45) is 0 Å². The van der Waals surface area contributed by atoms with Crippen LogP contribution in [-0.4, -0.2) is 33.7 Å². The second-order valence-corrected chi connectivity index (χ2v) is 3.99. The molecule has 0 unspecified atom stereocenters. The van der Waals surface area contributed by atoms with Gasteiger partial charge in [0.1, 0.15) is 11.5 Å². The fourth-order valence-corrected chi connectivity index (χ4v) is 1.78. The van der Waals surface area contributed by atoms with Gasteiger partial charge >= 0.3 is 0 Å². The second kappa shape index (κ2) is 6.26. The minimum atomic E-state index is -0.124. The van der Waals surface area contributed by atoms with E-state index < -0.39 is 0 Å². The highest BCUT2D eigenvalue weighted by Crippen LogP contribution is 2.36. The van der Waals surface area contributed by atoms with Gasteiger partial charge in [-0.3, -0.25) is 4.79 Å². The van der Waals surface area contributed by atoms with E-state index in [1.165, 1.54) is 0 Å². The van der Waals surface area contributed by atoms with Gasteiger partial charge in [-0.25, -0.2) is 0 Å². The van der Waals surface area contributed by atoms with Gasteiger partial charge in [0.15, 0.2) is 0 Å². The minimum absolute atomic E-state index is 0.124. The lowest BCUT2D eigenvalue weighted by molar-refractivity contribution is -0.115. The van der Waals surface area contributed by atoms with Gasteiger partial charge in [-0.1, -0.05) is 0 Å². The third kappa shape index (κ3) is 2.92. The summed E-state index contributed by atoms with van der Waals surface area (Å²) in [6.07, 6.45) is 0. The van der Waals surface area contributed by atoms with E-state index >= 15 is 0 Å². The molecule has 0 spiro atoms. The molecule has 0 aliphatic heterocycles. The zero-order valence-electron chi connectivity index (χ0n) is 11.5. The van der Waals surface area contributed by atoms with Crippen LogP contribution >= 0.6 is 0 Å². The fraction of sp³-hybridized carbons (Fsp3) is 0.462. The lowest BCUT2D eigenvalue weighted by atomic mass is 10.1. The summed E-state index contributed by atoms with van der Waals surface area (Å²) in [6, 6.07) is 1.77. The molecule has 1 rings (SSSR count). The first kappa shape index (κ1) is 14.3. The number of likely N-dealkylation sites (N-methyl/N-ethyl adjacent to an activating group) is 1. The third-order valence-corrected chi connectivity index (χ3v) is 2.83. The van der Waals surface area contributed by atoms with Crippen molar-refractivity contribution in [1.29, 1.82) is 0 Å². The number of hydrogen-bond acceptors (Lipinski definition) is 4. The normalized spacial score (nSPS) is 10.1. The lowest BCUT2D eigenvalue weighted by Gasteiger charge is -2.17. The number of methoxy groups -OCH3 is 2. The van der Waals surface area contributed by atoms with Gasteiger partial charge in [0.25, 0.3) is 0 Å². The topological polar surface area (TPSA) is 59.6 Å². The van der Waals surface area contributed by atoms with Crippen LogP contribution in [0.15, 0.2) is 6.07 Å². The summed E-state index contributed by atoms with van der Waals surface area (Å²) in [5.41, 5.74) is 2.58. The number of rotatable bonds is 5. The summed E-state index contributed by atoms with van der Waals surface area (Å²) in [6.45, 7) is 4.14.